The fourth-order valence-corrected chi connectivity index (χ4v) is 4.00. The number of oxazole rings is 1. The third kappa shape index (κ3) is 4.09. The van der Waals surface area contributed by atoms with E-state index in [1.807, 2.05) is 31.2 Å². The van der Waals surface area contributed by atoms with Crippen LogP contribution < -0.4 is 4.74 Å². The van der Waals surface area contributed by atoms with Crippen molar-refractivity contribution < 1.29 is 18.7 Å². The van der Waals surface area contributed by atoms with Crippen LogP contribution in [0.25, 0.3) is 11.5 Å². The highest BCUT2D eigenvalue weighted by Gasteiger charge is 2.28. The minimum atomic E-state index is -0.358. The molecule has 2 aromatic carbocycles. The largest absolute Gasteiger partial charge is 0.497 e. The highest BCUT2D eigenvalue weighted by molar-refractivity contribution is 5.89. The molecule has 0 spiro atoms. The normalized spacial score (nSPS) is 16.6. The molecule has 1 fully saturated rings. The Morgan fingerprint density at radius 2 is 2.00 bits per heavy atom. The fraction of sp³-hybridized carbons (Fsp3) is 0.333. The second-order valence-electron chi connectivity index (χ2n) is 7.50. The first-order valence-corrected chi connectivity index (χ1v) is 10.1. The van der Waals surface area contributed by atoms with Crippen molar-refractivity contribution in [3.63, 3.8) is 0 Å². The lowest BCUT2D eigenvalue weighted by Gasteiger charge is -2.24. The highest BCUT2D eigenvalue weighted by atomic mass is 16.5. The Labute approximate surface area is 176 Å². The van der Waals surface area contributed by atoms with E-state index < -0.39 is 0 Å². The molecular formula is C24H26N2O4. The number of methoxy groups -OCH3 is 2. The van der Waals surface area contributed by atoms with Gasteiger partial charge in [-0.15, -0.1) is 0 Å². The van der Waals surface area contributed by atoms with Crippen molar-refractivity contribution in [1.82, 2.24) is 9.88 Å². The first kappa shape index (κ1) is 20.2. The molecule has 0 amide bonds. The van der Waals surface area contributed by atoms with Crippen LogP contribution in [-0.4, -0.2) is 36.6 Å². The number of nitrogens with zero attached hydrogens (tertiary/aromatic N) is 2. The number of ether oxygens (including phenoxy) is 2. The molecule has 0 aliphatic carbocycles. The van der Waals surface area contributed by atoms with Crippen molar-refractivity contribution >= 4 is 5.97 Å². The minimum absolute atomic E-state index is 0.346. The Morgan fingerprint density at radius 1 is 1.20 bits per heavy atom. The standard InChI is InChI=1S/C24H26N2O4/c1-16-21(25-23(30-16)17-9-11-18(12-10-17)24(27)29-3)15-26-13-5-8-22(26)19-6-4-7-20(14-19)28-2/h4,6-7,9-12,14,22H,5,8,13,15H2,1-3H3/t22-/m0/s1. The molecule has 0 unspecified atom stereocenters. The minimum Gasteiger partial charge on any atom is -0.497 e. The van der Waals surface area contributed by atoms with E-state index in [0.29, 0.717) is 17.5 Å². The average Bonchev–Trinajstić information content (AvgIpc) is 3.40. The smallest absolute Gasteiger partial charge is 0.337 e. The summed E-state index contributed by atoms with van der Waals surface area (Å²) in [6.45, 7) is 3.71. The van der Waals surface area contributed by atoms with Crippen LogP contribution in [0, 0.1) is 6.92 Å². The molecule has 0 bridgehead atoms. The Hall–Kier alpha value is -3.12. The van der Waals surface area contributed by atoms with Gasteiger partial charge in [-0.05, 0) is 68.3 Å². The Balaban J connectivity index is 1.52. The zero-order valence-electron chi connectivity index (χ0n) is 17.6. The maximum Gasteiger partial charge on any atom is 0.337 e. The number of aromatic nitrogens is 1. The summed E-state index contributed by atoms with van der Waals surface area (Å²) in [5, 5.41) is 0. The number of rotatable bonds is 6. The van der Waals surface area contributed by atoms with Crippen LogP contribution in [0.15, 0.2) is 52.9 Å². The molecule has 0 radical (unpaired) electrons. The summed E-state index contributed by atoms with van der Waals surface area (Å²) in [6, 6.07) is 15.7. The third-order valence-electron chi connectivity index (χ3n) is 5.64. The molecule has 0 saturated carbocycles. The molecule has 1 atom stereocenters. The van der Waals surface area contributed by atoms with Crippen molar-refractivity contribution in [1.29, 1.82) is 0 Å². The monoisotopic (exact) mass is 406 g/mol. The molecule has 6 heteroatoms. The molecule has 1 saturated heterocycles. The maximum atomic E-state index is 11.6. The Morgan fingerprint density at radius 3 is 2.73 bits per heavy atom. The van der Waals surface area contributed by atoms with E-state index in [0.717, 1.165) is 48.7 Å². The summed E-state index contributed by atoms with van der Waals surface area (Å²) >= 11 is 0. The second kappa shape index (κ2) is 8.71. The highest BCUT2D eigenvalue weighted by Crippen LogP contribution is 2.35. The van der Waals surface area contributed by atoms with Crippen molar-refractivity contribution in [2.45, 2.75) is 32.4 Å². The first-order chi connectivity index (χ1) is 14.6. The van der Waals surface area contributed by atoms with Gasteiger partial charge in [0, 0.05) is 18.2 Å². The topological polar surface area (TPSA) is 64.8 Å². The Kier molecular flexibility index (Phi) is 5.86. The second-order valence-corrected chi connectivity index (χ2v) is 7.50. The zero-order chi connectivity index (χ0) is 21.1. The summed E-state index contributed by atoms with van der Waals surface area (Å²) in [5.41, 5.74) is 3.55. The lowest BCUT2D eigenvalue weighted by Crippen LogP contribution is -2.23. The van der Waals surface area contributed by atoms with Gasteiger partial charge in [0.25, 0.3) is 0 Å². The van der Waals surface area contributed by atoms with Crippen LogP contribution in [0.5, 0.6) is 5.75 Å². The number of aryl methyl sites for hydroxylation is 1. The maximum absolute atomic E-state index is 11.6. The van der Waals surface area contributed by atoms with Gasteiger partial charge in [0.2, 0.25) is 5.89 Å². The van der Waals surface area contributed by atoms with Gasteiger partial charge in [-0.25, -0.2) is 9.78 Å². The summed E-state index contributed by atoms with van der Waals surface area (Å²) in [4.78, 5) is 18.8. The predicted octanol–water partition coefficient (Wildman–Crippen LogP) is 4.78. The summed E-state index contributed by atoms with van der Waals surface area (Å²) in [6.07, 6.45) is 2.27. The molecular weight excluding hydrogens is 380 g/mol. The number of hydrogen-bond acceptors (Lipinski definition) is 6. The van der Waals surface area contributed by atoms with Gasteiger partial charge >= 0.3 is 5.97 Å². The molecule has 1 aliphatic heterocycles. The van der Waals surface area contributed by atoms with Gasteiger partial charge in [0.1, 0.15) is 11.5 Å². The summed E-state index contributed by atoms with van der Waals surface area (Å²) < 4.78 is 16.1. The summed E-state index contributed by atoms with van der Waals surface area (Å²) in [5.74, 6) is 1.91. The molecule has 30 heavy (non-hydrogen) atoms. The van der Waals surface area contributed by atoms with E-state index in [9.17, 15) is 4.79 Å². The number of carbonyl (C=O) groups is 1. The number of esters is 1. The van der Waals surface area contributed by atoms with E-state index in [2.05, 4.69) is 17.0 Å². The number of carbonyl (C=O) groups excluding carboxylic acids is 1. The van der Waals surface area contributed by atoms with Crippen LogP contribution in [0.4, 0.5) is 0 Å². The van der Waals surface area contributed by atoms with Crippen LogP contribution >= 0.6 is 0 Å². The SMILES string of the molecule is COC(=O)c1ccc(-c2nc(CN3CCC[C@H]3c3cccc(OC)c3)c(C)o2)cc1. The van der Waals surface area contributed by atoms with Gasteiger partial charge < -0.3 is 13.9 Å². The summed E-state index contributed by atoms with van der Waals surface area (Å²) in [7, 11) is 3.07. The third-order valence-corrected chi connectivity index (χ3v) is 5.64. The molecule has 1 aromatic heterocycles. The first-order valence-electron chi connectivity index (χ1n) is 10.1. The molecule has 4 rings (SSSR count). The zero-order valence-corrected chi connectivity index (χ0v) is 17.6. The van der Waals surface area contributed by atoms with Gasteiger partial charge in [0.15, 0.2) is 0 Å². The van der Waals surface area contributed by atoms with Crippen LogP contribution in [-0.2, 0) is 11.3 Å². The molecule has 6 nitrogen and oxygen atoms in total. The van der Waals surface area contributed by atoms with Crippen LogP contribution in [0.2, 0.25) is 0 Å². The van der Waals surface area contributed by atoms with Crippen LogP contribution in [0.1, 0.15) is 46.3 Å². The molecule has 156 valence electrons. The van der Waals surface area contributed by atoms with Gasteiger partial charge in [-0.3, -0.25) is 4.90 Å². The van der Waals surface area contributed by atoms with Crippen LogP contribution in [0.3, 0.4) is 0 Å². The number of benzene rings is 2. The fourth-order valence-electron chi connectivity index (χ4n) is 4.00. The van der Waals surface area contributed by atoms with Crippen molar-refractivity contribution in [3.8, 4) is 17.2 Å². The van der Waals surface area contributed by atoms with E-state index in [1.165, 1.54) is 12.7 Å². The molecule has 3 aromatic rings. The van der Waals surface area contributed by atoms with Gasteiger partial charge in [-0.1, -0.05) is 12.1 Å². The van der Waals surface area contributed by atoms with E-state index in [-0.39, 0.29) is 5.97 Å². The van der Waals surface area contributed by atoms with Gasteiger partial charge in [0.05, 0.1) is 25.5 Å². The van der Waals surface area contributed by atoms with E-state index in [4.69, 9.17) is 18.9 Å². The lowest BCUT2D eigenvalue weighted by molar-refractivity contribution is 0.0600. The number of hydrogen-bond donors (Lipinski definition) is 0. The van der Waals surface area contributed by atoms with E-state index >= 15 is 0 Å². The lowest BCUT2D eigenvalue weighted by atomic mass is 10.0. The van der Waals surface area contributed by atoms with Gasteiger partial charge in [-0.2, -0.15) is 0 Å². The molecule has 1 aliphatic rings. The van der Waals surface area contributed by atoms with Crippen molar-refractivity contribution in [3.05, 3.63) is 71.1 Å². The molecule has 2 heterocycles. The number of likely N-dealkylation sites (tertiary alicyclic amines) is 1. The van der Waals surface area contributed by atoms with E-state index in [1.54, 1.807) is 19.2 Å². The quantitative estimate of drug-likeness (QED) is 0.549. The molecule has 0 N–H and O–H groups in total. The van der Waals surface area contributed by atoms with Crippen molar-refractivity contribution in [2.75, 3.05) is 20.8 Å². The predicted molar refractivity (Wildman–Crippen MR) is 113 cm³/mol. The van der Waals surface area contributed by atoms with Crippen molar-refractivity contribution in [2.24, 2.45) is 0 Å². The Bertz CT molecular complexity index is 1030. The average molecular weight is 406 g/mol.